The number of nitrogens with two attached hydrogens (primary N) is 1. The maximum absolute atomic E-state index is 13.4. The van der Waals surface area contributed by atoms with Crippen LogP contribution in [0.4, 0.5) is 15.9 Å². The Labute approximate surface area is 185 Å². The molecule has 4 rings (SSSR count). The number of aromatic nitrogens is 2. The van der Waals surface area contributed by atoms with E-state index in [2.05, 4.69) is 14.9 Å². The number of piperidine rings is 1. The molecule has 1 aliphatic rings. The number of benzene rings is 1. The van der Waals surface area contributed by atoms with E-state index in [0.717, 1.165) is 30.8 Å². The lowest BCUT2D eigenvalue weighted by molar-refractivity contribution is -0.122. The molecule has 7 nitrogen and oxygen atoms in total. The lowest BCUT2D eigenvalue weighted by Gasteiger charge is -2.32. The predicted molar refractivity (Wildman–Crippen MR) is 120 cm³/mol. The third kappa shape index (κ3) is 4.91. The number of nitrogens with zero attached hydrogens (tertiary/aromatic N) is 4. The number of hydrogen-bond donors (Lipinski definition) is 1. The molecule has 1 aliphatic heterocycles. The Kier molecular flexibility index (Phi) is 6.39. The van der Waals surface area contributed by atoms with E-state index < -0.39 is 0 Å². The summed E-state index contributed by atoms with van der Waals surface area (Å²) in [6.45, 7) is 1.64. The van der Waals surface area contributed by atoms with Crippen LogP contribution in [0.1, 0.15) is 28.8 Å². The van der Waals surface area contributed by atoms with Gasteiger partial charge in [-0.3, -0.25) is 14.6 Å². The molecule has 0 radical (unpaired) electrons. The third-order valence-electron chi connectivity index (χ3n) is 5.59. The molecule has 1 saturated heterocycles. The fraction of sp³-hybridized carbons (Fsp3) is 0.250. The summed E-state index contributed by atoms with van der Waals surface area (Å²) in [5.74, 6) is -0.295. The van der Waals surface area contributed by atoms with Gasteiger partial charge in [-0.15, -0.1) is 0 Å². The monoisotopic (exact) mass is 433 g/mol. The van der Waals surface area contributed by atoms with Crippen molar-refractivity contribution in [1.82, 2.24) is 9.97 Å². The second-order valence-corrected chi connectivity index (χ2v) is 7.82. The number of carbonyl (C=O) groups excluding carboxylic acids is 2. The smallest absolute Gasteiger partial charge is 0.260 e. The van der Waals surface area contributed by atoms with Crippen molar-refractivity contribution in [2.24, 2.45) is 11.7 Å². The summed E-state index contributed by atoms with van der Waals surface area (Å²) in [7, 11) is 0. The van der Waals surface area contributed by atoms with Crippen LogP contribution in [0.15, 0.2) is 67.1 Å². The molecule has 32 heavy (non-hydrogen) atoms. The van der Waals surface area contributed by atoms with Crippen molar-refractivity contribution in [3.8, 4) is 0 Å². The van der Waals surface area contributed by atoms with E-state index in [4.69, 9.17) is 5.73 Å². The van der Waals surface area contributed by atoms with Crippen molar-refractivity contribution in [1.29, 1.82) is 0 Å². The van der Waals surface area contributed by atoms with Crippen LogP contribution in [0.25, 0.3) is 0 Å². The van der Waals surface area contributed by atoms with Crippen LogP contribution in [0.2, 0.25) is 0 Å². The van der Waals surface area contributed by atoms with Gasteiger partial charge in [0, 0.05) is 37.4 Å². The second kappa shape index (κ2) is 9.55. The predicted octanol–water partition coefficient (Wildman–Crippen LogP) is 3.16. The van der Waals surface area contributed by atoms with E-state index in [0.29, 0.717) is 17.8 Å². The normalized spacial score (nSPS) is 15.9. The van der Waals surface area contributed by atoms with Crippen LogP contribution >= 0.6 is 0 Å². The SMILES string of the molecule is NC(=O)C1CCCN(c2ccc(CN(C(=O)c3cccnc3)c3ccc(F)cc3)cn2)C1. The summed E-state index contributed by atoms with van der Waals surface area (Å²) in [4.78, 5) is 36.9. The first-order chi connectivity index (χ1) is 15.5. The standard InChI is InChI=1S/C24H24FN5O2/c25-20-6-8-21(9-7-20)30(24(32)18-3-1-11-27-14-18)15-17-5-10-22(28-13-17)29-12-2-4-19(16-29)23(26)31/h1,3,5-11,13-14,19H,2,4,12,15-16H2,(H2,26,31). The number of hydrogen-bond acceptors (Lipinski definition) is 5. The molecular formula is C24H24FN5O2. The molecule has 8 heteroatoms. The number of amides is 2. The first-order valence-corrected chi connectivity index (χ1v) is 10.5. The zero-order valence-corrected chi connectivity index (χ0v) is 17.5. The summed E-state index contributed by atoms with van der Waals surface area (Å²) in [6, 6.07) is 13.0. The van der Waals surface area contributed by atoms with Gasteiger partial charge in [0.2, 0.25) is 5.91 Å². The summed E-state index contributed by atoms with van der Waals surface area (Å²) in [5.41, 5.74) is 7.31. The summed E-state index contributed by atoms with van der Waals surface area (Å²) in [5, 5.41) is 0. The van der Waals surface area contributed by atoms with Crippen molar-refractivity contribution in [2.75, 3.05) is 22.9 Å². The van der Waals surface area contributed by atoms with E-state index in [-0.39, 0.29) is 30.1 Å². The first kappa shape index (κ1) is 21.4. The Morgan fingerprint density at radius 1 is 1.12 bits per heavy atom. The van der Waals surface area contributed by atoms with Crippen molar-refractivity contribution >= 4 is 23.3 Å². The lowest BCUT2D eigenvalue weighted by atomic mass is 9.97. The highest BCUT2D eigenvalue weighted by Crippen LogP contribution is 2.24. The third-order valence-corrected chi connectivity index (χ3v) is 5.59. The molecule has 3 heterocycles. The minimum atomic E-state index is -0.371. The minimum Gasteiger partial charge on any atom is -0.369 e. The molecule has 0 bridgehead atoms. The Morgan fingerprint density at radius 3 is 2.59 bits per heavy atom. The fourth-order valence-corrected chi connectivity index (χ4v) is 3.84. The maximum atomic E-state index is 13.4. The van der Waals surface area contributed by atoms with Crippen molar-refractivity contribution in [3.63, 3.8) is 0 Å². The van der Waals surface area contributed by atoms with Crippen LogP contribution in [-0.2, 0) is 11.3 Å². The number of halogens is 1. The van der Waals surface area contributed by atoms with E-state index in [1.807, 2.05) is 12.1 Å². The van der Waals surface area contributed by atoms with Gasteiger partial charge in [-0.1, -0.05) is 6.07 Å². The van der Waals surface area contributed by atoms with Gasteiger partial charge in [-0.2, -0.15) is 0 Å². The number of rotatable bonds is 6. The topological polar surface area (TPSA) is 92.4 Å². The molecule has 2 aromatic heterocycles. The van der Waals surface area contributed by atoms with Gasteiger partial charge in [-0.25, -0.2) is 9.37 Å². The molecule has 0 spiro atoms. The molecule has 2 N–H and O–H groups in total. The van der Waals surface area contributed by atoms with Gasteiger partial charge in [0.1, 0.15) is 11.6 Å². The molecule has 1 fully saturated rings. The van der Waals surface area contributed by atoms with Crippen molar-refractivity contribution < 1.29 is 14.0 Å². The van der Waals surface area contributed by atoms with Gasteiger partial charge >= 0.3 is 0 Å². The number of primary amides is 1. The molecule has 3 aromatic rings. The zero-order chi connectivity index (χ0) is 22.5. The molecule has 1 aromatic carbocycles. The molecule has 1 unspecified atom stereocenters. The highest BCUT2D eigenvalue weighted by molar-refractivity contribution is 6.05. The van der Waals surface area contributed by atoms with Gasteiger partial charge in [0.05, 0.1) is 18.0 Å². The van der Waals surface area contributed by atoms with E-state index in [9.17, 15) is 14.0 Å². The van der Waals surface area contributed by atoms with Crippen LogP contribution in [0.5, 0.6) is 0 Å². The molecule has 0 saturated carbocycles. The zero-order valence-electron chi connectivity index (χ0n) is 17.5. The van der Waals surface area contributed by atoms with E-state index in [1.54, 1.807) is 41.6 Å². The summed E-state index contributed by atoms with van der Waals surface area (Å²) in [6.07, 6.45) is 6.51. The Morgan fingerprint density at radius 2 is 1.94 bits per heavy atom. The largest absolute Gasteiger partial charge is 0.369 e. The van der Waals surface area contributed by atoms with E-state index >= 15 is 0 Å². The summed E-state index contributed by atoms with van der Waals surface area (Å²) < 4.78 is 13.4. The minimum absolute atomic E-state index is 0.170. The molecular weight excluding hydrogens is 409 g/mol. The maximum Gasteiger partial charge on any atom is 0.260 e. The highest BCUT2D eigenvalue weighted by atomic mass is 19.1. The Hall–Kier alpha value is -3.81. The highest BCUT2D eigenvalue weighted by Gasteiger charge is 2.25. The van der Waals surface area contributed by atoms with Crippen LogP contribution in [-0.4, -0.2) is 34.9 Å². The molecule has 0 aliphatic carbocycles. The van der Waals surface area contributed by atoms with Gasteiger partial charge in [-0.05, 0) is 60.9 Å². The Balaban J connectivity index is 1.55. The number of anilines is 2. The average molecular weight is 433 g/mol. The van der Waals surface area contributed by atoms with Crippen LogP contribution in [0, 0.1) is 11.7 Å². The number of pyridine rings is 2. The van der Waals surface area contributed by atoms with Gasteiger partial charge < -0.3 is 15.5 Å². The van der Waals surface area contributed by atoms with Crippen molar-refractivity contribution in [3.05, 3.63) is 84.1 Å². The van der Waals surface area contributed by atoms with Gasteiger partial charge in [0.15, 0.2) is 0 Å². The van der Waals surface area contributed by atoms with E-state index in [1.165, 1.54) is 18.3 Å². The average Bonchev–Trinajstić information content (AvgIpc) is 2.84. The van der Waals surface area contributed by atoms with Crippen LogP contribution in [0.3, 0.4) is 0 Å². The quantitative estimate of drug-likeness (QED) is 0.645. The molecule has 164 valence electrons. The molecule has 2 amide bonds. The van der Waals surface area contributed by atoms with Crippen LogP contribution < -0.4 is 15.5 Å². The van der Waals surface area contributed by atoms with Crippen molar-refractivity contribution in [2.45, 2.75) is 19.4 Å². The summed E-state index contributed by atoms with van der Waals surface area (Å²) >= 11 is 0. The first-order valence-electron chi connectivity index (χ1n) is 10.5. The second-order valence-electron chi connectivity index (χ2n) is 7.82. The van der Waals surface area contributed by atoms with Gasteiger partial charge in [0.25, 0.3) is 5.91 Å². The fourth-order valence-electron chi connectivity index (χ4n) is 3.84. The number of carbonyl (C=O) groups is 2. The Bertz CT molecular complexity index is 1070. The lowest BCUT2D eigenvalue weighted by Crippen LogP contribution is -2.41. The molecule has 1 atom stereocenters.